The Balaban J connectivity index is 1.40. The van der Waals surface area contributed by atoms with Gasteiger partial charge in [-0.05, 0) is 12.0 Å². The SMILES string of the molecule is c1ccc(CC2CSC(=NCCN3CCSCC3)N2)cc1. The van der Waals surface area contributed by atoms with Crippen LogP contribution in [-0.2, 0) is 6.42 Å². The minimum absolute atomic E-state index is 0.530. The van der Waals surface area contributed by atoms with E-state index in [0.717, 1.165) is 30.4 Å². The largest absolute Gasteiger partial charge is 0.361 e. The summed E-state index contributed by atoms with van der Waals surface area (Å²) in [4.78, 5) is 7.26. The van der Waals surface area contributed by atoms with E-state index in [0.29, 0.717) is 6.04 Å². The lowest BCUT2D eigenvalue weighted by Crippen LogP contribution is -2.35. The fourth-order valence-corrected chi connectivity index (χ4v) is 4.63. The van der Waals surface area contributed by atoms with Gasteiger partial charge in [0.25, 0.3) is 0 Å². The molecule has 3 nitrogen and oxygen atoms in total. The zero-order valence-corrected chi connectivity index (χ0v) is 14.0. The lowest BCUT2D eigenvalue weighted by atomic mass is 10.1. The predicted molar refractivity (Wildman–Crippen MR) is 95.6 cm³/mol. The Morgan fingerprint density at radius 1 is 1.19 bits per heavy atom. The maximum Gasteiger partial charge on any atom is 0.156 e. The van der Waals surface area contributed by atoms with E-state index < -0.39 is 0 Å². The number of thioether (sulfide) groups is 2. The van der Waals surface area contributed by atoms with Crippen molar-refractivity contribution in [3.05, 3.63) is 35.9 Å². The average Bonchev–Trinajstić information content (AvgIpc) is 2.97. The van der Waals surface area contributed by atoms with Crippen molar-refractivity contribution in [1.29, 1.82) is 0 Å². The molecule has 2 aliphatic rings. The summed E-state index contributed by atoms with van der Waals surface area (Å²) in [5.74, 6) is 3.69. The van der Waals surface area contributed by atoms with E-state index >= 15 is 0 Å². The number of nitrogens with zero attached hydrogens (tertiary/aromatic N) is 2. The van der Waals surface area contributed by atoms with Crippen LogP contribution < -0.4 is 5.32 Å². The minimum atomic E-state index is 0.530. The van der Waals surface area contributed by atoms with Gasteiger partial charge >= 0.3 is 0 Å². The number of rotatable bonds is 5. The molecule has 1 unspecified atom stereocenters. The number of hydrogen-bond donors (Lipinski definition) is 1. The summed E-state index contributed by atoms with van der Waals surface area (Å²) in [7, 11) is 0. The first-order chi connectivity index (χ1) is 10.4. The van der Waals surface area contributed by atoms with Crippen molar-refractivity contribution in [2.45, 2.75) is 12.5 Å². The number of nitrogens with one attached hydrogen (secondary N) is 1. The molecule has 0 spiro atoms. The molecule has 2 saturated heterocycles. The third kappa shape index (κ3) is 4.94. The molecule has 0 aliphatic carbocycles. The quantitative estimate of drug-likeness (QED) is 0.901. The summed E-state index contributed by atoms with van der Waals surface area (Å²) in [6, 6.07) is 11.2. The van der Waals surface area contributed by atoms with Gasteiger partial charge in [0.15, 0.2) is 5.17 Å². The maximum absolute atomic E-state index is 4.73. The highest BCUT2D eigenvalue weighted by Crippen LogP contribution is 2.17. The van der Waals surface area contributed by atoms with E-state index in [2.05, 4.69) is 52.3 Å². The zero-order valence-electron chi connectivity index (χ0n) is 12.3. The van der Waals surface area contributed by atoms with E-state index in [1.807, 2.05) is 11.8 Å². The molecule has 1 aromatic carbocycles. The van der Waals surface area contributed by atoms with Crippen molar-refractivity contribution in [2.24, 2.45) is 4.99 Å². The molecule has 1 N–H and O–H groups in total. The zero-order chi connectivity index (χ0) is 14.3. The van der Waals surface area contributed by atoms with Crippen molar-refractivity contribution in [3.63, 3.8) is 0 Å². The lowest BCUT2D eigenvalue weighted by molar-refractivity contribution is 0.311. The van der Waals surface area contributed by atoms with Gasteiger partial charge in [-0.3, -0.25) is 9.89 Å². The highest BCUT2D eigenvalue weighted by molar-refractivity contribution is 8.14. The van der Waals surface area contributed by atoms with Gasteiger partial charge in [-0.25, -0.2) is 0 Å². The molecule has 2 aliphatic heterocycles. The molecular formula is C16H23N3S2. The van der Waals surface area contributed by atoms with Gasteiger partial charge in [0, 0.05) is 42.9 Å². The molecule has 0 amide bonds. The van der Waals surface area contributed by atoms with E-state index in [-0.39, 0.29) is 0 Å². The molecule has 0 saturated carbocycles. The first kappa shape index (κ1) is 15.3. The molecule has 0 bridgehead atoms. The molecule has 2 fully saturated rings. The maximum atomic E-state index is 4.73. The van der Waals surface area contributed by atoms with Gasteiger partial charge in [-0.1, -0.05) is 42.1 Å². The van der Waals surface area contributed by atoms with Crippen LogP contribution in [-0.4, -0.2) is 59.5 Å². The Hall–Kier alpha value is -0.650. The second-order valence-electron chi connectivity index (χ2n) is 5.48. The Morgan fingerprint density at radius 3 is 2.81 bits per heavy atom. The molecule has 5 heteroatoms. The molecule has 114 valence electrons. The summed E-state index contributed by atoms with van der Waals surface area (Å²) in [5.41, 5.74) is 1.41. The van der Waals surface area contributed by atoms with Crippen molar-refractivity contribution in [2.75, 3.05) is 43.4 Å². The summed E-state index contributed by atoms with van der Waals surface area (Å²) in [6.07, 6.45) is 1.09. The van der Waals surface area contributed by atoms with Crippen molar-refractivity contribution < 1.29 is 0 Å². The smallest absolute Gasteiger partial charge is 0.156 e. The molecular weight excluding hydrogens is 298 g/mol. The number of aliphatic imine (C=N–C) groups is 1. The first-order valence-electron chi connectivity index (χ1n) is 7.68. The predicted octanol–water partition coefficient (Wildman–Crippen LogP) is 2.34. The second-order valence-corrected chi connectivity index (χ2v) is 7.72. The third-order valence-corrected chi connectivity index (χ3v) is 5.88. The summed E-state index contributed by atoms with van der Waals surface area (Å²) in [6.45, 7) is 4.49. The Labute approximate surface area is 136 Å². The molecule has 0 aromatic heterocycles. The van der Waals surface area contributed by atoms with Gasteiger partial charge in [0.05, 0.1) is 6.54 Å². The standard InChI is InChI=1S/C16H23N3S2/c1-2-4-14(5-3-1)12-15-13-21-16(18-15)17-6-7-19-8-10-20-11-9-19/h1-5,15H,6-13H2,(H,17,18). The highest BCUT2D eigenvalue weighted by Gasteiger charge is 2.20. The number of amidine groups is 1. The summed E-state index contributed by atoms with van der Waals surface area (Å²) < 4.78 is 0. The van der Waals surface area contributed by atoms with Crippen LogP contribution in [0.4, 0.5) is 0 Å². The van der Waals surface area contributed by atoms with Gasteiger partial charge in [-0.15, -0.1) is 0 Å². The van der Waals surface area contributed by atoms with Crippen LogP contribution in [0.2, 0.25) is 0 Å². The van der Waals surface area contributed by atoms with Crippen molar-refractivity contribution >= 4 is 28.7 Å². The van der Waals surface area contributed by atoms with Crippen molar-refractivity contribution in [3.8, 4) is 0 Å². The van der Waals surface area contributed by atoms with Crippen LogP contribution in [0.3, 0.4) is 0 Å². The Morgan fingerprint density at radius 2 is 2.00 bits per heavy atom. The Bertz CT molecular complexity index is 458. The normalized spacial score (nSPS) is 25.1. The van der Waals surface area contributed by atoms with Gasteiger partial charge < -0.3 is 5.32 Å². The number of benzene rings is 1. The minimum Gasteiger partial charge on any atom is -0.361 e. The van der Waals surface area contributed by atoms with E-state index in [1.54, 1.807) is 0 Å². The summed E-state index contributed by atoms with van der Waals surface area (Å²) >= 11 is 3.94. The molecule has 1 aromatic rings. The van der Waals surface area contributed by atoms with E-state index in [1.165, 1.54) is 30.2 Å². The Kier molecular flexibility index (Phi) is 5.89. The topological polar surface area (TPSA) is 27.6 Å². The second kappa shape index (κ2) is 8.11. The monoisotopic (exact) mass is 321 g/mol. The lowest BCUT2D eigenvalue weighted by Gasteiger charge is -2.25. The summed E-state index contributed by atoms with van der Waals surface area (Å²) in [5, 5.41) is 4.71. The fraction of sp³-hybridized carbons (Fsp3) is 0.562. The van der Waals surface area contributed by atoms with Gasteiger partial charge in [0.1, 0.15) is 0 Å². The van der Waals surface area contributed by atoms with E-state index in [9.17, 15) is 0 Å². The molecule has 0 radical (unpaired) electrons. The van der Waals surface area contributed by atoms with Crippen LogP contribution >= 0.6 is 23.5 Å². The van der Waals surface area contributed by atoms with E-state index in [4.69, 9.17) is 4.99 Å². The van der Waals surface area contributed by atoms with Crippen LogP contribution in [0.1, 0.15) is 5.56 Å². The molecule has 1 atom stereocenters. The average molecular weight is 322 g/mol. The van der Waals surface area contributed by atoms with Crippen LogP contribution in [0.5, 0.6) is 0 Å². The van der Waals surface area contributed by atoms with Gasteiger partial charge in [0.2, 0.25) is 0 Å². The molecule has 21 heavy (non-hydrogen) atoms. The third-order valence-electron chi connectivity index (χ3n) is 3.85. The van der Waals surface area contributed by atoms with Crippen LogP contribution in [0, 0.1) is 0 Å². The van der Waals surface area contributed by atoms with Gasteiger partial charge in [-0.2, -0.15) is 11.8 Å². The fourth-order valence-electron chi connectivity index (χ4n) is 2.66. The molecule has 3 rings (SSSR count). The molecule has 2 heterocycles. The first-order valence-corrected chi connectivity index (χ1v) is 9.82. The van der Waals surface area contributed by atoms with Crippen LogP contribution in [0.25, 0.3) is 0 Å². The highest BCUT2D eigenvalue weighted by atomic mass is 32.2. The van der Waals surface area contributed by atoms with Crippen LogP contribution in [0.15, 0.2) is 35.3 Å². The number of hydrogen-bond acceptors (Lipinski definition) is 4. The van der Waals surface area contributed by atoms with Crippen molar-refractivity contribution in [1.82, 2.24) is 10.2 Å².